The predicted octanol–water partition coefficient (Wildman–Crippen LogP) is -0.503. The molecule has 0 aliphatic carbocycles. The SMILES string of the molecule is CN(N)C(=O)[C@@H]1CCCO1. The first-order chi connectivity index (χ1) is 4.72. The Balaban J connectivity index is 2.40. The summed E-state index contributed by atoms with van der Waals surface area (Å²) in [6.07, 6.45) is 1.49. The molecule has 0 aromatic carbocycles. The van der Waals surface area contributed by atoms with Gasteiger partial charge in [0.1, 0.15) is 6.10 Å². The largest absolute Gasteiger partial charge is 0.368 e. The summed E-state index contributed by atoms with van der Waals surface area (Å²) in [5, 5.41) is 1.08. The lowest BCUT2D eigenvalue weighted by atomic mass is 10.2. The standard InChI is InChI=1S/C6H12N2O2/c1-8(7)6(9)5-3-2-4-10-5/h5H,2-4,7H2,1H3/t5-/m0/s1. The van der Waals surface area contributed by atoms with Crippen LogP contribution in [0.2, 0.25) is 0 Å². The van der Waals surface area contributed by atoms with Crippen LogP contribution < -0.4 is 5.84 Å². The highest BCUT2D eigenvalue weighted by atomic mass is 16.5. The highest BCUT2D eigenvalue weighted by Crippen LogP contribution is 2.12. The molecule has 0 aromatic rings. The molecular weight excluding hydrogens is 132 g/mol. The smallest absolute Gasteiger partial charge is 0.265 e. The number of hydrogen-bond donors (Lipinski definition) is 1. The molecule has 1 rings (SSSR count). The van der Waals surface area contributed by atoms with Gasteiger partial charge in [-0.3, -0.25) is 9.80 Å². The first kappa shape index (κ1) is 7.50. The first-order valence-electron chi connectivity index (χ1n) is 3.35. The second-order valence-corrected chi connectivity index (χ2v) is 2.45. The number of ether oxygens (including phenoxy) is 1. The molecule has 0 radical (unpaired) electrons. The Labute approximate surface area is 59.9 Å². The minimum Gasteiger partial charge on any atom is -0.368 e. The summed E-state index contributed by atoms with van der Waals surface area (Å²) in [5.74, 6) is 5.09. The number of nitrogens with zero attached hydrogens (tertiary/aromatic N) is 1. The van der Waals surface area contributed by atoms with E-state index in [2.05, 4.69) is 0 Å². The Morgan fingerprint density at radius 1 is 1.80 bits per heavy atom. The molecule has 2 N–H and O–H groups in total. The van der Waals surface area contributed by atoms with E-state index in [1.807, 2.05) is 0 Å². The van der Waals surface area contributed by atoms with E-state index in [1.54, 1.807) is 0 Å². The molecule has 1 aliphatic rings. The van der Waals surface area contributed by atoms with Gasteiger partial charge in [-0.15, -0.1) is 0 Å². The lowest BCUT2D eigenvalue weighted by Crippen LogP contribution is -2.40. The van der Waals surface area contributed by atoms with Crippen LogP contribution in [0.15, 0.2) is 0 Å². The van der Waals surface area contributed by atoms with Gasteiger partial charge < -0.3 is 4.74 Å². The normalized spacial score (nSPS) is 24.8. The third-order valence-electron chi connectivity index (χ3n) is 1.55. The number of amides is 1. The maximum Gasteiger partial charge on any atom is 0.265 e. The third-order valence-corrected chi connectivity index (χ3v) is 1.55. The van der Waals surface area contributed by atoms with E-state index >= 15 is 0 Å². The van der Waals surface area contributed by atoms with Crippen molar-refractivity contribution in [2.45, 2.75) is 18.9 Å². The van der Waals surface area contributed by atoms with Gasteiger partial charge in [-0.25, -0.2) is 5.84 Å². The molecule has 4 heteroatoms. The molecule has 0 aromatic heterocycles. The van der Waals surface area contributed by atoms with Crippen LogP contribution in [-0.4, -0.2) is 30.7 Å². The number of hydrazine groups is 1. The van der Waals surface area contributed by atoms with Crippen molar-refractivity contribution in [2.24, 2.45) is 5.84 Å². The molecule has 10 heavy (non-hydrogen) atoms. The summed E-state index contributed by atoms with van der Waals surface area (Å²) in [4.78, 5) is 11.0. The molecule has 1 aliphatic heterocycles. The topological polar surface area (TPSA) is 55.6 Å². The van der Waals surface area contributed by atoms with Crippen LogP contribution in [0.3, 0.4) is 0 Å². The van der Waals surface area contributed by atoms with Crippen molar-refractivity contribution in [3.63, 3.8) is 0 Å². The second kappa shape index (κ2) is 2.98. The van der Waals surface area contributed by atoms with Gasteiger partial charge in [-0.05, 0) is 12.8 Å². The van der Waals surface area contributed by atoms with E-state index in [1.165, 1.54) is 7.05 Å². The number of nitrogens with two attached hydrogens (primary N) is 1. The lowest BCUT2D eigenvalue weighted by molar-refractivity contribution is -0.139. The number of likely N-dealkylation sites (N-methyl/N-ethyl adjacent to an activating group) is 1. The Bertz CT molecular complexity index is 130. The van der Waals surface area contributed by atoms with E-state index in [9.17, 15) is 4.79 Å². The molecule has 1 fully saturated rings. The van der Waals surface area contributed by atoms with Gasteiger partial charge in [0.25, 0.3) is 5.91 Å². The number of carbonyl (C=O) groups is 1. The van der Waals surface area contributed by atoms with Gasteiger partial charge in [0.15, 0.2) is 0 Å². The molecule has 0 saturated carbocycles. The minimum absolute atomic E-state index is 0.127. The molecule has 0 spiro atoms. The summed E-state index contributed by atoms with van der Waals surface area (Å²) >= 11 is 0. The summed E-state index contributed by atoms with van der Waals surface area (Å²) < 4.78 is 5.10. The number of carbonyl (C=O) groups excluding carboxylic acids is 1. The molecule has 58 valence electrons. The zero-order valence-corrected chi connectivity index (χ0v) is 6.04. The Morgan fingerprint density at radius 2 is 2.50 bits per heavy atom. The average molecular weight is 144 g/mol. The van der Waals surface area contributed by atoms with Gasteiger partial charge in [0.2, 0.25) is 0 Å². The van der Waals surface area contributed by atoms with E-state index in [0.717, 1.165) is 17.9 Å². The number of hydrogen-bond acceptors (Lipinski definition) is 3. The van der Waals surface area contributed by atoms with E-state index in [4.69, 9.17) is 10.6 Å². The van der Waals surface area contributed by atoms with Crippen molar-refractivity contribution in [1.82, 2.24) is 5.01 Å². The van der Waals surface area contributed by atoms with Crippen molar-refractivity contribution in [2.75, 3.05) is 13.7 Å². The van der Waals surface area contributed by atoms with Gasteiger partial charge in [-0.1, -0.05) is 0 Å². The average Bonchev–Trinajstić information content (AvgIpc) is 2.36. The quantitative estimate of drug-likeness (QED) is 0.306. The molecule has 0 bridgehead atoms. The summed E-state index contributed by atoms with van der Waals surface area (Å²) in [6.45, 7) is 0.685. The minimum atomic E-state index is -0.282. The van der Waals surface area contributed by atoms with Crippen molar-refractivity contribution < 1.29 is 9.53 Å². The van der Waals surface area contributed by atoms with Crippen molar-refractivity contribution in [1.29, 1.82) is 0 Å². The fourth-order valence-electron chi connectivity index (χ4n) is 1.000. The molecular formula is C6H12N2O2. The zero-order valence-electron chi connectivity index (χ0n) is 6.04. The fraction of sp³-hybridized carbons (Fsp3) is 0.833. The van der Waals surface area contributed by atoms with Crippen molar-refractivity contribution in [3.05, 3.63) is 0 Å². The molecule has 1 heterocycles. The van der Waals surface area contributed by atoms with E-state index < -0.39 is 0 Å². The van der Waals surface area contributed by atoms with Crippen LogP contribution in [-0.2, 0) is 9.53 Å². The monoisotopic (exact) mass is 144 g/mol. The summed E-state index contributed by atoms with van der Waals surface area (Å²) in [5.41, 5.74) is 0. The lowest BCUT2D eigenvalue weighted by Gasteiger charge is -2.14. The van der Waals surface area contributed by atoms with Crippen LogP contribution in [0, 0.1) is 0 Å². The maximum absolute atomic E-state index is 11.0. The van der Waals surface area contributed by atoms with E-state index in [-0.39, 0.29) is 12.0 Å². The Kier molecular flexibility index (Phi) is 2.24. The van der Waals surface area contributed by atoms with Crippen LogP contribution in [0.4, 0.5) is 0 Å². The van der Waals surface area contributed by atoms with Crippen LogP contribution in [0.5, 0.6) is 0 Å². The van der Waals surface area contributed by atoms with E-state index in [0.29, 0.717) is 6.61 Å². The van der Waals surface area contributed by atoms with Gasteiger partial charge in [0.05, 0.1) is 0 Å². The first-order valence-corrected chi connectivity index (χ1v) is 3.35. The van der Waals surface area contributed by atoms with Gasteiger partial charge >= 0.3 is 0 Å². The maximum atomic E-state index is 11.0. The molecule has 0 unspecified atom stereocenters. The molecule has 1 saturated heterocycles. The van der Waals surface area contributed by atoms with Crippen LogP contribution in [0.25, 0.3) is 0 Å². The third kappa shape index (κ3) is 1.46. The number of rotatable bonds is 1. The van der Waals surface area contributed by atoms with Crippen LogP contribution >= 0.6 is 0 Å². The Hall–Kier alpha value is -0.610. The van der Waals surface area contributed by atoms with Crippen molar-refractivity contribution >= 4 is 5.91 Å². The van der Waals surface area contributed by atoms with Crippen molar-refractivity contribution in [3.8, 4) is 0 Å². The van der Waals surface area contributed by atoms with Gasteiger partial charge in [-0.2, -0.15) is 0 Å². The predicted molar refractivity (Wildman–Crippen MR) is 35.9 cm³/mol. The Morgan fingerprint density at radius 3 is 2.90 bits per heavy atom. The second-order valence-electron chi connectivity index (χ2n) is 2.45. The summed E-state index contributed by atoms with van der Waals surface area (Å²) in [6, 6.07) is 0. The highest BCUT2D eigenvalue weighted by molar-refractivity contribution is 5.80. The molecule has 1 amide bonds. The summed E-state index contributed by atoms with van der Waals surface area (Å²) in [7, 11) is 1.53. The fourth-order valence-corrected chi connectivity index (χ4v) is 1.000. The molecule has 1 atom stereocenters. The highest BCUT2D eigenvalue weighted by Gasteiger charge is 2.24. The van der Waals surface area contributed by atoms with Gasteiger partial charge in [0, 0.05) is 13.7 Å². The van der Waals surface area contributed by atoms with Crippen LogP contribution in [0.1, 0.15) is 12.8 Å². The molecule has 4 nitrogen and oxygen atoms in total. The zero-order chi connectivity index (χ0) is 7.56.